The van der Waals surface area contributed by atoms with E-state index in [0.29, 0.717) is 32.8 Å². The Labute approximate surface area is 193 Å². The van der Waals surface area contributed by atoms with Gasteiger partial charge in [-0.1, -0.05) is 62.6 Å². The average molecular weight is 479 g/mol. The minimum atomic E-state index is -3.82. The molecule has 0 unspecified atom stereocenters. The lowest BCUT2D eigenvalue weighted by Crippen LogP contribution is -2.13. The number of H-pyrrole nitrogens is 1. The molecule has 0 radical (unpaired) electrons. The molecular weight excluding hydrogens is 452 g/mol. The van der Waals surface area contributed by atoms with Crippen LogP contribution in [0.5, 0.6) is 0 Å². The topological polar surface area (TPSA) is 79.8 Å². The van der Waals surface area contributed by atoms with Crippen molar-refractivity contribution >= 4 is 39.5 Å². The van der Waals surface area contributed by atoms with Gasteiger partial charge in [0.15, 0.2) is 10.6 Å². The van der Waals surface area contributed by atoms with Gasteiger partial charge in [0.1, 0.15) is 0 Å². The van der Waals surface area contributed by atoms with E-state index in [1.807, 2.05) is 10.6 Å². The number of halogens is 1. The van der Waals surface area contributed by atoms with Gasteiger partial charge in [0.25, 0.3) is 10.0 Å². The Morgan fingerprint density at radius 2 is 1.87 bits per heavy atom. The van der Waals surface area contributed by atoms with Crippen LogP contribution in [-0.2, 0) is 10.0 Å². The summed E-state index contributed by atoms with van der Waals surface area (Å²) in [7, 11) is -3.82. The Morgan fingerprint density at radius 1 is 1.13 bits per heavy atom. The first kappa shape index (κ1) is 23.5. The van der Waals surface area contributed by atoms with Crippen molar-refractivity contribution < 1.29 is 8.42 Å². The van der Waals surface area contributed by atoms with Gasteiger partial charge in [0.05, 0.1) is 15.6 Å². The van der Waals surface area contributed by atoms with E-state index in [4.69, 9.17) is 23.8 Å². The van der Waals surface area contributed by atoms with Gasteiger partial charge in [0.2, 0.25) is 0 Å². The molecule has 1 aromatic heterocycles. The van der Waals surface area contributed by atoms with Crippen molar-refractivity contribution in [1.82, 2.24) is 14.8 Å². The monoisotopic (exact) mass is 478 g/mol. The number of hydrogen-bond donors (Lipinski definition) is 2. The first-order valence-corrected chi connectivity index (χ1v) is 12.5. The summed E-state index contributed by atoms with van der Waals surface area (Å²) < 4.78 is 30.9. The van der Waals surface area contributed by atoms with E-state index in [1.54, 1.807) is 42.5 Å². The molecule has 3 aromatic rings. The van der Waals surface area contributed by atoms with E-state index >= 15 is 0 Å². The highest BCUT2D eigenvalue weighted by molar-refractivity contribution is 7.92. The minimum Gasteiger partial charge on any atom is -0.297 e. The zero-order chi connectivity index (χ0) is 22.6. The summed E-state index contributed by atoms with van der Waals surface area (Å²) >= 11 is 11.6. The van der Waals surface area contributed by atoms with Gasteiger partial charge in [0, 0.05) is 11.6 Å². The van der Waals surface area contributed by atoms with Gasteiger partial charge in [-0.25, -0.2) is 8.42 Å². The van der Waals surface area contributed by atoms with Gasteiger partial charge < -0.3 is 0 Å². The van der Waals surface area contributed by atoms with E-state index in [2.05, 4.69) is 35.7 Å². The van der Waals surface area contributed by atoms with Crippen molar-refractivity contribution in [3.8, 4) is 11.4 Å². The molecule has 1 heterocycles. The normalized spacial score (nSPS) is 12.8. The third-order valence-corrected chi connectivity index (χ3v) is 7.05. The molecule has 0 spiro atoms. The molecule has 2 N–H and O–H groups in total. The van der Waals surface area contributed by atoms with E-state index in [0.717, 1.165) is 19.3 Å². The van der Waals surface area contributed by atoms with Crippen LogP contribution in [-0.4, -0.2) is 23.2 Å². The summed E-state index contributed by atoms with van der Waals surface area (Å²) in [6, 6.07) is 13.5. The predicted octanol–water partition coefficient (Wildman–Crippen LogP) is 6.45. The van der Waals surface area contributed by atoms with Gasteiger partial charge in [-0.2, -0.15) is 5.10 Å². The van der Waals surface area contributed by atoms with Crippen molar-refractivity contribution in [2.75, 3.05) is 4.72 Å². The lowest BCUT2D eigenvalue weighted by molar-refractivity contribution is 0.446. The van der Waals surface area contributed by atoms with Crippen molar-refractivity contribution in [3.05, 3.63) is 58.3 Å². The second-order valence-corrected chi connectivity index (χ2v) is 10.5. The fourth-order valence-electron chi connectivity index (χ4n) is 3.42. The zero-order valence-electron chi connectivity index (χ0n) is 17.8. The SMILES string of the molecule is CC(C)CCC[C@H](C)n1c(-c2cccc(S(=O)(=O)Nc3ccccc3Cl)c2)n[nH]c1=S. The number of nitrogens with zero attached hydrogens (tertiary/aromatic N) is 2. The summed E-state index contributed by atoms with van der Waals surface area (Å²) in [5.74, 6) is 1.27. The van der Waals surface area contributed by atoms with Gasteiger partial charge in [-0.3, -0.25) is 14.4 Å². The van der Waals surface area contributed by atoms with Crippen molar-refractivity contribution in [2.24, 2.45) is 5.92 Å². The van der Waals surface area contributed by atoms with Gasteiger partial charge in [-0.05, 0) is 55.7 Å². The molecule has 0 fully saturated rings. The molecule has 2 aromatic carbocycles. The third-order valence-electron chi connectivity index (χ3n) is 5.07. The maximum absolute atomic E-state index is 12.9. The quantitative estimate of drug-likeness (QED) is 0.346. The number of benzene rings is 2. The van der Waals surface area contributed by atoms with Crippen molar-refractivity contribution in [2.45, 2.75) is 51.0 Å². The Bertz CT molecular complexity index is 1200. The third kappa shape index (κ3) is 5.75. The van der Waals surface area contributed by atoms with Gasteiger partial charge in [-0.15, -0.1) is 0 Å². The van der Waals surface area contributed by atoms with Crippen LogP contribution < -0.4 is 4.72 Å². The Hall–Kier alpha value is -2.16. The predicted molar refractivity (Wildman–Crippen MR) is 129 cm³/mol. The minimum absolute atomic E-state index is 0.123. The van der Waals surface area contributed by atoms with Crippen LogP contribution in [0.15, 0.2) is 53.4 Å². The maximum atomic E-state index is 12.9. The molecule has 0 saturated heterocycles. The molecule has 166 valence electrons. The number of nitrogens with one attached hydrogen (secondary N) is 2. The highest BCUT2D eigenvalue weighted by Gasteiger charge is 2.19. The highest BCUT2D eigenvalue weighted by Crippen LogP contribution is 2.28. The second-order valence-electron chi connectivity index (χ2n) is 8.01. The van der Waals surface area contributed by atoms with E-state index in [1.165, 1.54) is 0 Å². The molecule has 0 aliphatic carbocycles. The van der Waals surface area contributed by atoms with Crippen LogP contribution in [0.2, 0.25) is 5.02 Å². The molecule has 0 amide bonds. The van der Waals surface area contributed by atoms with Crippen LogP contribution >= 0.6 is 23.8 Å². The van der Waals surface area contributed by atoms with Crippen LogP contribution in [0.4, 0.5) is 5.69 Å². The average Bonchev–Trinajstić information content (AvgIpc) is 3.11. The molecule has 31 heavy (non-hydrogen) atoms. The number of anilines is 1. The molecule has 3 rings (SSSR count). The summed E-state index contributed by atoms with van der Waals surface area (Å²) in [5.41, 5.74) is 1.00. The van der Waals surface area contributed by atoms with Crippen LogP contribution in [0.1, 0.15) is 46.1 Å². The fourth-order valence-corrected chi connectivity index (χ4v) is 5.09. The maximum Gasteiger partial charge on any atom is 0.261 e. The molecule has 0 aliphatic rings. The number of rotatable bonds is 9. The lowest BCUT2D eigenvalue weighted by atomic mass is 10.0. The smallest absolute Gasteiger partial charge is 0.261 e. The largest absolute Gasteiger partial charge is 0.297 e. The molecular formula is C22H27ClN4O2S2. The first-order chi connectivity index (χ1) is 14.7. The summed E-state index contributed by atoms with van der Waals surface area (Å²) in [5, 5.41) is 7.57. The number of para-hydroxylation sites is 1. The first-order valence-electron chi connectivity index (χ1n) is 10.2. The number of hydrogen-bond acceptors (Lipinski definition) is 4. The molecule has 0 bridgehead atoms. The van der Waals surface area contributed by atoms with E-state index in [9.17, 15) is 8.42 Å². The number of sulfonamides is 1. The summed E-state index contributed by atoms with van der Waals surface area (Å²) in [6.07, 6.45) is 3.19. The van der Waals surface area contributed by atoms with Crippen LogP contribution in [0.3, 0.4) is 0 Å². The number of aromatic amines is 1. The van der Waals surface area contributed by atoms with Crippen molar-refractivity contribution in [1.29, 1.82) is 0 Å². The zero-order valence-corrected chi connectivity index (χ0v) is 20.2. The Kier molecular flexibility index (Phi) is 7.56. The molecule has 6 nitrogen and oxygen atoms in total. The molecule has 9 heteroatoms. The summed E-state index contributed by atoms with van der Waals surface area (Å²) in [4.78, 5) is 0.123. The van der Waals surface area contributed by atoms with E-state index < -0.39 is 10.0 Å². The summed E-state index contributed by atoms with van der Waals surface area (Å²) in [6.45, 7) is 6.53. The Balaban J connectivity index is 1.90. The van der Waals surface area contributed by atoms with Crippen molar-refractivity contribution in [3.63, 3.8) is 0 Å². The molecule has 0 saturated carbocycles. The van der Waals surface area contributed by atoms with Gasteiger partial charge >= 0.3 is 0 Å². The number of aromatic nitrogens is 3. The van der Waals surface area contributed by atoms with Crippen LogP contribution in [0.25, 0.3) is 11.4 Å². The molecule has 0 aliphatic heterocycles. The standard InChI is InChI=1S/C22H27ClN4O2S2/c1-15(2)8-6-9-16(3)27-21(24-25-22(27)30)17-10-7-11-18(14-17)31(28,29)26-20-13-5-4-12-19(20)23/h4-5,7,10-16,26H,6,8-9H2,1-3H3,(H,25,30)/t16-/m0/s1. The fraction of sp³-hybridized carbons (Fsp3) is 0.364. The van der Waals surface area contributed by atoms with E-state index in [-0.39, 0.29) is 10.9 Å². The van der Waals surface area contributed by atoms with Crippen LogP contribution in [0, 0.1) is 10.7 Å². The highest BCUT2D eigenvalue weighted by atomic mass is 35.5. The second kappa shape index (κ2) is 9.97. The molecule has 1 atom stereocenters. The lowest BCUT2D eigenvalue weighted by Gasteiger charge is -2.17. The Morgan fingerprint density at radius 3 is 2.58 bits per heavy atom.